The zero-order valence-electron chi connectivity index (χ0n) is 8.74. The van der Waals surface area contributed by atoms with Crippen molar-refractivity contribution in [3.05, 3.63) is 0 Å². The second kappa shape index (κ2) is 4.52. The Bertz CT molecular complexity index is 157. The van der Waals surface area contributed by atoms with Crippen molar-refractivity contribution < 1.29 is 18.8 Å². The van der Waals surface area contributed by atoms with Crippen LogP contribution in [0, 0.1) is 5.92 Å². The molecule has 3 N–H and O–H groups in total. The highest BCUT2D eigenvalue weighted by atomic mass is 28.4. The third-order valence-corrected chi connectivity index (χ3v) is 3.47. The van der Waals surface area contributed by atoms with Gasteiger partial charge < -0.3 is 18.8 Å². The molecule has 0 radical (unpaired) electrons. The Kier molecular flexibility index (Phi) is 4.54. The van der Waals surface area contributed by atoms with E-state index >= 15 is 0 Å². The molecule has 4 nitrogen and oxygen atoms in total. The zero-order valence-corrected chi connectivity index (χ0v) is 9.74. The normalized spacial score (nSPS) is 19.6. The summed E-state index contributed by atoms with van der Waals surface area (Å²) < 4.78 is 4.93. The fourth-order valence-corrected chi connectivity index (χ4v) is 2.24. The summed E-state index contributed by atoms with van der Waals surface area (Å²) in [5.41, 5.74) is -0.654. The van der Waals surface area contributed by atoms with Crippen LogP contribution in [0.3, 0.4) is 0 Å². The summed E-state index contributed by atoms with van der Waals surface area (Å²) in [6.07, 6.45) is 1.51. The summed E-state index contributed by atoms with van der Waals surface area (Å²) >= 11 is 0. The van der Waals surface area contributed by atoms with Crippen LogP contribution in [-0.4, -0.2) is 29.0 Å². The van der Waals surface area contributed by atoms with Gasteiger partial charge in [-0.05, 0) is 19.3 Å². The minimum atomic E-state index is -4.39. The Morgan fingerprint density at radius 3 is 2.00 bits per heavy atom. The van der Waals surface area contributed by atoms with Crippen LogP contribution in [0.15, 0.2) is 0 Å². The maximum absolute atomic E-state index is 8.86. The number of rotatable bonds is 5. The van der Waals surface area contributed by atoms with Crippen LogP contribution >= 0.6 is 0 Å². The molecule has 0 heterocycles. The van der Waals surface area contributed by atoms with E-state index in [1.807, 2.05) is 20.8 Å². The highest BCUT2D eigenvalue weighted by Crippen LogP contribution is 2.29. The summed E-state index contributed by atoms with van der Waals surface area (Å²) in [4.78, 5) is 26.6. The van der Waals surface area contributed by atoms with Crippen molar-refractivity contribution in [2.45, 2.75) is 46.1 Å². The van der Waals surface area contributed by atoms with Crippen LogP contribution in [0.5, 0.6) is 0 Å². The minimum Gasteiger partial charge on any atom is -0.368 e. The molecule has 0 aromatic heterocycles. The second-order valence-electron chi connectivity index (χ2n) is 3.65. The van der Waals surface area contributed by atoms with Gasteiger partial charge in [0.15, 0.2) is 0 Å². The van der Waals surface area contributed by atoms with Crippen molar-refractivity contribution in [2.24, 2.45) is 5.92 Å². The highest BCUT2D eigenvalue weighted by Gasteiger charge is 2.42. The van der Waals surface area contributed by atoms with Gasteiger partial charge in [0.2, 0.25) is 0 Å². The van der Waals surface area contributed by atoms with Gasteiger partial charge in [0.05, 0.1) is 5.60 Å². The first-order valence-electron chi connectivity index (χ1n) is 4.62. The van der Waals surface area contributed by atoms with Gasteiger partial charge in [0.1, 0.15) is 0 Å². The molecule has 5 heteroatoms. The van der Waals surface area contributed by atoms with Crippen molar-refractivity contribution >= 4 is 9.05 Å². The van der Waals surface area contributed by atoms with Crippen LogP contribution < -0.4 is 0 Å². The van der Waals surface area contributed by atoms with E-state index in [2.05, 4.69) is 0 Å². The molecule has 0 aromatic rings. The van der Waals surface area contributed by atoms with E-state index < -0.39 is 14.6 Å². The third-order valence-electron chi connectivity index (χ3n) is 2.73. The van der Waals surface area contributed by atoms with Gasteiger partial charge in [-0.15, -0.1) is 0 Å². The van der Waals surface area contributed by atoms with Gasteiger partial charge in [0, 0.05) is 0 Å². The van der Waals surface area contributed by atoms with E-state index in [9.17, 15) is 0 Å². The predicted octanol–water partition coefficient (Wildman–Crippen LogP) is 0.630. The third kappa shape index (κ3) is 4.19. The maximum Gasteiger partial charge on any atom is 0.671 e. The smallest absolute Gasteiger partial charge is 0.368 e. The molecule has 0 aliphatic carbocycles. The lowest BCUT2D eigenvalue weighted by Crippen LogP contribution is -2.50. The van der Waals surface area contributed by atoms with Crippen LogP contribution in [0.2, 0.25) is 0 Å². The first-order valence-corrected chi connectivity index (χ1v) is 6.37. The van der Waals surface area contributed by atoms with Gasteiger partial charge in [0.25, 0.3) is 0 Å². The first-order chi connectivity index (χ1) is 5.75. The van der Waals surface area contributed by atoms with Crippen molar-refractivity contribution in [2.75, 3.05) is 0 Å². The van der Waals surface area contributed by atoms with Crippen LogP contribution in [-0.2, 0) is 4.43 Å². The molecule has 80 valence electrons. The van der Waals surface area contributed by atoms with Gasteiger partial charge in [-0.25, -0.2) is 0 Å². The maximum atomic E-state index is 8.86. The Labute approximate surface area is 80.7 Å². The molecule has 2 unspecified atom stereocenters. The van der Waals surface area contributed by atoms with Gasteiger partial charge in [-0.3, -0.25) is 0 Å². The van der Waals surface area contributed by atoms with Gasteiger partial charge >= 0.3 is 9.05 Å². The SMILES string of the molecule is CCC(C)C(C)(CC)O[Si](O)(O)O. The Morgan fingerprint density at radius 2 is 1.77 bits per heavy atom. The van der Waals surface area contributed by atoms with Gasteiger partial charge in [-0.2, -0.15) is 0 Å². The average Bonchev–Trinajstić information content (AvgIpc) is 1.99. The molecular weight excluding hydrogens is 188 g/mol. The van der Waals surface area contributed by atoms with E-state index in [0.717, 1.165) is 6.42 Å². The predicted molar refractivity (Wildman–Crippen MR) is 51.6 cm³/mol. The minimum absolute atomic E-state index is 0.177. The number of hydrogen-bond acceptors (Lipinski definition) is 4. The molecule has 0 saturated carbocycles. The first kappa shape index (κ1) is 13.1. The fourth-order valence-electron chi connectivity index (χ4n) is 1.27. The Morgan fingerprint density at radius 1 is 1.31 bits per heavy atom. The lowest BCUT2D eigenvalue weighted by atomic mass is 9.87. The van der Waals surface area contributed by atoms with E-state index in [-0.39, 0.29) is 5.92 Å². The molecule has 0 bridgehead atoms. The lowest BCUT2D eigenvalue weighted by Gasteiger charge is -2.36. The van der Waals surface area contributed by atoms with E-state index in [1.165, 1.54) is 0 Å². The standard InChI is InChI=1S/C8H20O4Si/c1-5-7(3)8(4,6-2)12-13(9,10)11/h7,9-11H,5-6H2,1-4H3. The van der Waals surface area contributed by atoms with Crippen molar-refractivity contribution in [1.29, 1.82) is 0 Å². The molecule has 0 spiro atoms. The molecule has 0 amide bonds. The molecule has 2 atom stereocenters. The molecule has 0 aromatic carbocycles. The second-order valence-corrected chi connectivity index (χ2v) is 5.00. The molecule has 0 aliphatic heterocycles. The summed E-state index contributed by atoms with van der Waals surface area (Å²) in [5.74, 6) is 0.177. The highest BCUT2D eigenvalue weighted by molar-refractivity contribution is 6.48. The van der Waals surface area contributed by atoms with Crippen LogP contribution in [0.4, 0.5) is 0 Å². The molecule has 13 heavy (non-hydrogen) atoms. The topological polar surface area (TPSA) is 69.9 Å². The molecule has 0 fully saturated rings. The average molecular weight is 208 g/mol. The van der Waals surface area contributed by atoms with E-state index in [0.29, 0.717) is 6.42 Å². The fraction of sp³-hybridized carbons (Fsp3) is 1.00. The number of hydrogen-bond donors (Lipinski definition) is 3. The Hall–Kier alpha value is 0.0569. The van der Waals surface area contributed by atoms with Crippen LogP contribution in [0.1, 0.15) is 40.5 Å². The summed E-state index contributed by atoms with van der Waals surface area (Å²) in [5, 5.41) is 0. The van der Waals surface area contributed by atoms with Crippen molar-refractivity contribution in [3.63, 3.8) is 0 Å². The summed E-state index contributed by atoms with van der Waals surface area (Å²) in [7, 11) is -4.39. The molecule has 0 aliphatic rings. The lowest BCUT2D eigenvalue weighted by molar-refractivity contribution is -0.0645. The van der Waals surface area contributed by atoms with Crippen LogP contribution in [0.25, 0.3) is 0 Å². The molecule has 0 saturated heterocycles. The van der Waals surface area contributed by atoms with Crippen molar-refractivity contribution in [3.8, 4) is 0 Å². The monoisotopic (exact) mass is 208 g/mol. The summed E-state index contributed by atoms with van der Waals surface area (Å²) in [6, 6.07) is 0. The van der Waals surface area contributed by atoms with E-state index in [1.54, 1.807) is 6.92 Å². The van der Waals surface area contributed by atoms with Gasteiger partial charge in [-0.1, -0.05) is 27.2 Å². The molecule has 0 rings (SSSR count). The zero-order chi connectivity index (χ0) is 10.7. The largest absolute Gasteiger partial charge is 0.671 e. The Balaban J connectivity index is 4.45. The van der Waals surface area contributed by atoms with Crippen molar-refractivity contribution in [1.82, 2.24) is 0 Å². The summed E-state index contributed by atoms with van der Waals surface area (Å²) in [6.45, 7) is 7.64. The molecular formula is C8H20O4Si. The quantitative estimate of drug-likeness (QED) is 0.580. The van der Waals surface area contributed by atoms with E-state index in [4.69, 9.17) is 18.8 Å².